The van der Waals surface area contributed by atoms with Crippen LogP contribution in [0.2, 0.25) is 0 Å². The molecule has 0 aliphatic rings. The minimum atomic E-state index is -0.608. The fourth-order valence-electron chi connectivity index (χ4n) is 1.42. The molecule has 1 N–H and O–H groups in total. The lowest BCUT2D eigenvalue weighted by molar-refractivity contribution is -0.386. The van der Waals surface area contributed by atoms with Gasteiger partial charge in [-0.2, -0.15) is 0 Å². The van der Waals surface area contributed by atoms with Gasteiger partial charge in [-0.15, -0.1) is 0 Å². The van der Waals surface area contributed by atoms with Crippen LogP contribution >= 0.6 is 15.9 Å². The molecule has 0 amide bonds. The maximum atomic E-state index is 10.8. The van der Waals surface area contributed by atoms with Gasteiger partial charge < -0.3 is 9.84 Å². The molecule has 0 aromatic heterocycles. The molecule has 0 spiro atoms. The second-order valence-electron chi connectivity index (χ2n) is 3.51. The second-order valence-corrected chi connectivity index (χ2v) is 4.30. The van der Waals surface area contributed by atoms with Crippen LogP contribution in [-0.2, 0) is 6.42 Å². The average molecular weight is 304 g/mol. The molecule has 0 bridgehead atoms. The average Bonchev–Trinajstić information content (AvgIpc) is 2.30. The highest BCUT2D eigenvalue weighted by Gasteiger charge is 2.23. The van der Waals surface area contributed by atoms with Gasteiger partial charge in [-0.3, -0.25) is 10.1 Å². The number of aromatic hydroxyl groups is 1. The first kappa shape index (κ1) is 13.8. The summed E-state index contributed by atoms with van der Waals surface area (Å²) in [5.41, 5.74) is 0.396. The highest BCUT2D eigenvalue weighted by molar-refractivity contribution is 9.10. The van der Waals surface area contributed by atoms with Gasteiger partial charge >= 0.3 is 5.69 Å². The standard InChI is InChI=1S/C11H14BrNO4/c1-3-5-17-11-7(4-2)6-8(13(15)16)10(14)9(11)12/h6,14H,3-5H2,1-2H3. The van der Waals surface area contributed by atoms with Gasteiger partial charge in [0, 0.05) is 11.6 Å². The number of phenolic OH excluding ortho intramolecular Hbond substituents is 1. The number of nitro groups is 1. The summed E-state index contributed by atoms with van der Waals surface area (Å²) in [6.45, 7) is 4.34. The quantitative estimate of drug-likeness (QED) is 0.668. The number of benzene rings is 1. The lowest BCUT2D eigenvalue weighted by Crippen LogP contribution is -2.01. The Morgan fingerprint density at radius 3 is 2.65 bits per heavy atom. The van der Waals surface area contributed by atoms with E-state index in [4.69, 9.17) is 4.74 Å². The van der Waals surface area contributed by atoms with E-state index in [0.717, 1.165) is 6.42 Å². The number of nitro benzene ring substituents is 1. The summed E-state index contributed by atoms with van der Waals surface area (Å²) in [5.74, 6) is 0.0933. The van der Waals surface area contributed by atoms with Gasteiger partial charge in [-0.05, 0) is 28.8 Å². The molecule has 0 aliphatic heterocycles. The van der Waals surface area contributed by atoms with Gasteiger partial charge in [0.1, 0.15) is 10.2 Å². The zero-order valence-corrected chi connectivity index (χ0v) is 11.3. The Morgan fingerprint density at radius 1 is 1.53 bits per heavy atom. The van der Waals surface area contributed by atoms with Crippen molar-refractivity contribution in [3.05, 3.63) is 26.2 Å². The minimum absolute atomic E-state index is 0.247. The van der Waals surface area contributed by atoms with Crippen LogP contribution in [0.15, 0.2) is 10.5 Å². The molecule has 5 nitrogen and oxygen atoms in total. The van der Waals surface area contributed by atoms with Crippen molar-refractivity contribution in [2.24, 2.45) is 0 Å². The first-order valence-corrected chi connectivity index (χ1v) is 6.13. The fourth-order valence-corrected chi connectivity index (χ4v) is 1.99. The van der Waals surface area contributed by atoms with E-state index in [9.17, 15) is 15.2 Å². The molecule has 17 heavy (non-hydrogen) atoms. The van der Waals surface area contributed by atoms with Crippen LogP contribution in [-0.4, -0.2) is 16.6 Å². The smallest absolute Gasteiger partial charge is 0.312 e. The van der Waals surface area contributed by atoms with Crippen LogP contribution in [0.1, 0.15) is 25.8 Å². The van der Waals surface area contributed by atoms with Gasteiger partial charge in [0.25, 0.3) is 0 Å². The summed E-state index contributed by atoms with van der Waals surface area (Å²) in [7, 11) is 0. The minimum Gasteiger partial charge on any atom is -0.501 e. The first-order valence-electron chi connectivity index (χ1n) is 5.34. The second kappa shape index (κ2) is 5.86. The Morgan fingerprint density at radius 2 is 2.18 bits per heavy atom. The molecule has 1 aromatic rings. The monoisotopic (exact) mass is 303 g/mol. The third kappa shape index (κ3) is 2.88. The van der Waals surface area contributed by atoms with E-state index >= 15 is 0 Å². The van der Waals surface area contributed by atoms with Crippen LogP contribution < -0.4 is 4.74 Å². The zero-order valence-electron chi connectivity index (χ0n) is 9.70. The largest absolute Gasteiger partial charge is 0.501 e. The third-order valence-electron chi connectivity index (χ3n) is 2.28. The number of aryl methyl sites for hydroxylation is 1. The Hall–Kier alpha value is -1.30. The van der Waals surface area contributed by atoms with Crippen molar-refractivity contribution in [2.45, 2.75) is 26.7 Å². The van der Waals surface area contributed by atoms with E-state index in [-0.39, 0.29) is 10.2 Å². The van der Waals surface area contributed by atoms with E-state index in [1.807, 2.05) is 13.8 Å². The Balaban J connectivity index is 3.30. The predicted molar refractivity (Wildman–Crippen MR) is 67.6 cm³/mol. The van der Waals surface area contributed by atoms with Gasteiger partial charge in [0.05, 0.1) is 11.5 Å². The molecule has 0 fully saturated rings. The summed E-state index contributed by atoms with van der Waals surface area (Å²) in [6, 6.07) is 1.35. The van der Waals surface area contributed by atoms with Crippen molar-refractivity contribution in [3.63, 3.8) is 0 Å². The van der Waals surface area contributed by atoms with Gasteiger partial charge in [0.15, 0.2) is 0 Å². The van der Waals surface area contributed by atoms with Crippen molar-refractivity contribution in [2.75, 3.05) is 6.61 Å². The highest BCUT2D eigenvalue weighted by atomic mass is 79.9. The molecule has 1 aromatic carbocycles. The van der Waals surface area contributed by atoms with E-state index < -0.39 is 10.7 Å². The number of halogens is 1. The van der Waals surface area contributed by atoms with Crippen LogP contribution in [0, 0.1) is 10.1 Å². The summed E-state index contributed by atoms with van der Waals surface area (Å²) in [6.07, 6.45) is 1.42. The summed E-state index contributed by atoms with van der Waals surface area (Å²) >= 11 is 3.14. The Labute approximate surface area is 108 Å². The van der Waals surface area contributed by atoms with Crippen molar-refractivity contribution in [1.82, 2.24) is 0 Å². The molecule has 94 valence electrons. The Kier molecular flexibility index (Phi) is 4.74. The predicted octanol–water partition coefficient (Wildman–Crippen LogP) is 3.41. The topological polar surface area (TPSA) is 72.6 Å². The van der Waals surface area contributed by atoms with Crippen LogP contribution in [0.4, 0.5) is 5.69 Å². The number of hydrogen-bond donors (Lipinski definition) is 1. The van der Waals surface area contributed by atoms with Crippen molar-refractivity contribution >= 4 is 21.6 Å². The van der Waals surface area contributed by atoms with Crippen molar-refractivity contribution in [1.29, 1.82) is 0 Å². The van der Waals surface area contributed by atoms with E-state index in [1.54, 1.807) is 0 Å². The zero-order chi connectivity index (χ0) is 13.0. The van der Waals surface area contributed by atoms with Crippen LogP contribution in [0.25, 0.3) is 0 Å². The number of rotatable bonds is 5. The molecular formula is C11H14BrNO4. The summed E-state index contributed by atoms with van der Waals surface area (Å²) < 4.78 is 5.74. The SMILES string of the molecule is CCCOc1c(CC)cc([N+](=O)[O-])c(O)c1Br. The molecule has 0 atom stereocenters. The molecule has 1 rings (SSSR count). The fraction of sp³-hybridized carbons (Fsp3) is 0.455. The Bertz CT molecular complexity index is 434. The summed E-state index contributed by atoms with van der Waals surface area (Å²) in [5, 5.41) is 20.5. The number of ether oxygens (including phenoxy) is 1. The van der Waals surface area contributed by atoms with E-state index in [1.165, 1.54) is 6.07 Å². The first-order chi connectivity index (χ1) is 8.02. The van der Waals surface area contributed by atoms with Gasteiger partial charge in [0.2, 0.25) is 5.75 Å². The normalized spacial score (nSPS) is 10.3. The van der Waals surface area contributed by atoms with E-state index in [0.29, 0.717) is 24.3 Å². The lowest BCUT2D eigenvalue weighted by atomic mass is 10.1. The number of phenols is 1. The highest BCUT2D eigenvalue weighted by Crippen LogP contribution is 2.43. The van der Waals surface area contributed by atoms with Gasteiger partial charge in [-0.1, -0.05) is 13.8 Å². The maximum absolute atomic E-state index is 10.8. The number of nitrogens with zero attached hydrogens (tertiary/aromatic N) is 1. The molecule has 0 saturated carbocycles. The van der Waals surface area contributed by atoms with Crippen molar-refractivity contribution in [3.8, 4) is 11.5 Å². The third-order valence-corrected chi connectivity index (χ3v) is 3.02. The lowest BCUT2D eigenvalue weighted by Gasteiger charge is -2.13. The number of hydrogen-bond acceptors (Lipinski definition) is 4. The molecule has 6 heteroatoms. The molecule has 0 radical (unpaired) electrons. The molecule has 0 unspecified atom stereocenters. The van der Waals surface area contributed by atoms with Crippen LogP contribution in [0.3, 0.4) is 0 Å². The molecule has 0 heterocycles. The maximum Gasteiger partial charge on any atom is 0.312 e. The van der Waals surface area contributed by atoms with Crippen molar-refractivity contribution < 1.29 is 14.8 Å². The molecule has 0 saturated heterocycles. The van der Waals surface area contributed by atoms with Gasteiger partial charge in [-0.25, -0.2) is 0 Å². The molecular weight excluding hydrogens is 290 g/mol. The molecule has 0 aliphatic carbocycles. The summed E-state index contributed by atoms with van der Waals surface area (Å²) in [4.78, 5) is 10.1. The van der Waals surface area contributed by atoms with Crippen LogP contribution in [0.5, 0.6) is 11.5 Å². The van der Waals surface area contributed by atoms with E-state index in [2.05, 4.69) is 15.9 Å².